The topological polar surface area (TPSA) is 21.3 Å². The molecule has 0 aliphatic carbocycles. The standard InChI is InChI=1S/C14H23NO/c1-5-13-11(2)7-6-8-14(13)16-10-9-12(3)15-4/h6-8,12,15H,5,9-10H2,1-4H3. The highest BCUT2D eigenvalue weighted by Crippen LogP contribution is 2.22. The van der Waals surface area contributed by atoms with Crippen LogP contribution in [0.4, 0.5) is 0 Å². The summed E-state index contributed by atoms with van der Waals surface area (Å²) in [6, 6.07) is 6.78. The lowest BCUT2D eigenvalue weighted by molar-refractivity contribution is 0.291. The number of hydrogen-bond donors (Lipinski definition) is 1. The predicted molar refractivity (Wildman–Crippen MR) is 69.2 cm³/mol. The molecule has 0 heterocycles. The molecule has 1 N–H and O–H groups in total. The molecule has 90 valence electrons. The van der Waals surface area contributed by atoms with E-state index in [-0.39, 0.29) is 0 Å². The van der Waals surface area contributed by atoms with Crippen LogP contribution >= 0.6 is 0 Å². The van der Waals surface area contributed by atoms with Gasteiger partial charge in [0.1, 0.15) is 5.75 Å². The van der Waals surface area contributed by atoms with Crippen molar-refractivity contribution >= 4 is 0 Å². The SMILES string of the molecule is CCc1c(C)cccc1OCCC(C)NC. The van der Waals surface area contributed by atoms with E-state index in [1.54, 1.807) is 0 Å². The van der Waals surface area contributed by atoms with Crippen molar-refractivity contribution in [3.05, 3.63) is 29.3 Å². The van der Waals surface area contributed by atoms with Gasteiger partial charge in [0.25, 0.3) is 0 Å². The third-order valence-electron chi connectivity index (χ3n) is 3.02. The summed E-state index contributed by atoms with van der Waals surface area (Å²) in [5.41, 5.74) is 2.65. The minimum atomic E-state index is 0.509. The normalized spacial score (nSPS) is 12.5. The molecule has 1 aromatic carbocycles. The Bertz CT molecular complexity index is 323. The van der Waals surface area contributed by atoms with Crippen LogP contribution in [0.1, 0.15) is 31.4 Å². The quantitative estimate of drug-likeness (QED) is 0.797. The van der Waals surface area contributed by atoms with Gasteiger partial charge >= 0.3 is 0 Å². The van der Waals surface area contributed by atoms with Gasteiger partial charge in [0, 0.05) is 6.04 Å². The van der Waals surface area contributed by atoms with Gasteiger partial charge in [-0.15, -0.1) is 0 Å². The van der Waals surface area contributed by atoms with E-state index >= 15 is 0 Å². The van der Waals surface area contributed by atoms with Gasteiger partial charge in [0.05, 0.1) is 6.61 Å². The summed E-state index contributed by atoms with van der Waals surface area (Å²) in [7, 11) is 1.98. The molecule has 0 amide bonds. The zero-order valence-electron chi connectivity index (χ0n) is 10.8. The number of nitrogens with one attached hydrogen (secondary N) is 1. The van der Waals surface area contributed by atoms with Crippen molar-refractivity contribution in [1.82, 2.24) is 5.32 Å². The van der Waals surface area contributed by atoms with Crippen LogP contribution in [0.2, 0.25) is 0 Å². The summed E-state index contributed by atoms with van der Waals surface area (Å²) < 4.78 is 5.84. The third-order valence-corrected chi connectivity index (χ3v) is 3.02. The highest BCUT2D eigenvalue weighted by atomic mass is 16.5. The lowest BCUT2D eigenvalue weighted by Gasteiger charge is -2.14. The molecule has 1 atom stereocenters. The number of ether oxygens (including phenoxy) is 1. The van der Waals surface area contributed by atoms with Crippen molar-refractivity contribution in [2.45, 2.75) is 39.7 Å². The van der Waals surface area contributed by atoms with E-state index in [0.717, 1.165) is 25.2 Å². The molecule has 2 heteroatoms. The Hall–Kier alpha value is -1.02. The molecule has 0 spiro atoms. The Balaban J connectivity index is 2.56. The van der Waals surface area contributed by atoms with Gasteiger partial charge in [0.15, 0.2) is 0 Å². The fourth-order valence-corrected chi connectivity index (χ4v) is 1.75. The molecule has 0 saturated carbocycles. The highest BCUT2D eigenvalue weighted by molar-refractivity contribution is 5.39. The van der Waals surface area contributed by atoms with Gasteiger partial charge in [0.2, 0.25) is 0 Å². The van der Waals surface area contributed by atoms with Gasteiger partial charge in [-0.1, -0.05) is 19.1 Å². The summed E-state index contributed by atoms with van der Waals surface area (Å²) in [6.45, 7) is 7.26. The maximum absolute atomic E-state index is 5.84. The second-order valence-corrected chi connectivity index (χ2v) is 4.23. The van der Waals surface area contributed by atoms with Crippen molar-refractivity contribution in [3.63, 3.8) is 0 Å². The van der Waals surface area contributed by atoms with Crippen LogP contribution < -0.4 is 10.1 Å². The van der Waals surface area contributed by atoms with E-state index in [1.165, 1.54) is 11.1 Å². The lowest BCUT2D eigenvalue weighted by Crippen LogP contribution is -2.23. The first-order valence-electron chi connectivity index (χ1n) is 6.07. The molecular formula is C14H23NO. The van der Waals surface area contributed by atoms with Gasteiger partial charge in [-0.2, -0.15) is 0 Å². The summed E-state index contributed by atoms with van der Waals surface area (Å²) in [4.78, 5) is 0. The number of rotatable bonds is 6. The molecule has 1 unspecified atom stereocenters. The first kappa shape index (κ1) is 13.0. The molecule has 0 aliphatic heterocycles. The molecule has 0 fully saturated rings. The molecule has 0 radical (unpaired) electrons. The number of aryl methyl sites for hydroxylation is 1. The minimum Gasteiger partial charge on any atom is -0.493 e. The van der Waals surface area contributed by atoms with Crippen molar-refractivity contribution in [2.75, 3.05) is 13.7 Å². The summed E-state index contributed by atoms with van der Waals surface area (Å²) in [6.07, 6.45) is 2.07. The van der Waals surface area contributed by atoms with Crippen LogP contribution in [-0.2, 0) is 6.42 Å². The van der Waals surface area contributed by atoms with Crippen LogP contribution in [0.3, 0.4) is 0 Å². The first-order valence-corrected chi connectivity index (χ1v) is 6.07. The maximum atomic E-state index is 5.84. The van der Waals surface area contributed by atoms with Gasteiger partial charge in [-0.3, -0.25) is 0 Å². The van der Waals surface area contributed by atoms with Crippen molar-refractivity contribution in [1.29, 1.82) is 0 Å². The molecule has 1 aromatic rings. The fraction of sp³-hybridized carbons (Fsp3) is 0.571. The Kier molecular flexibility index (Phi) is 5.33. The van der Waals surface area contributed by atoms with Crippen LogP contribution in [0.25, 0.3) is 0 Å². The van der Waals surface area contributed by atoms with Gasteiger partial charge < -0.3 is 10.1 Å². The van der Waals surface area contributed by atoms with Crippen LogP contribution in [0, 0.1) is 6.92 Å². The molecule has 16 heavy (non-hydrogen) atoms. The van der Waals surface area contributed by atoms with E-state index in [1.807, 2.05) is 7.05 Å². The monoisotopic (exact) mass is 221 g/mol. The Labute approximate surface area is 99.0 Å². The second kappa shape index (κ2) is 6.54. The van der Waals surface area contributed by atoms with Crippen LogP contribution in [0.5, 0.6) is 5.75 Å². The second-order valence-electron chi connectivity index (χ2n) is 4.23. The van der Waals surface area contributed by atoms with Crippen molar-refractivity contribution < 1.29 is 4.74 Å². The number of hydrogen-bond acceptors (Lipinski definition) is 2. The molecule has 0 aliphatic rings. The fourth-order valence-electron chi connectivity index (χ4n) is 1.75. The molecular weight excluding hydrogens is 198 g/mol. The molecule has 0 saturated heterocycles. The smallest absolute Gasteiger partial charge is 0.122 e. The van der Waals surface area contributed by atoms with E-state index in [4.69, 9.17) is 4.74 Å². The van der Waals surface area contributed by atoms with E-state index in [9.17, 15) is 0 Å². The summed E-state index contributed by atoms with van der Waals surface area (Å²) in [5.74, 6) is 1.05. The third kappa shape index (κ3) is 3.53. The maximum Gasteiger partial charge on any atom is 0.122 e. The van der Waals surface area contributed by atoms with Gasteiger partial charge in [-0.25, -0.2) is 0 Å². The zero-order valence-corrected chi connectivity index (χ0v) is 10.8. The predicted octanol–water partition coefficient (Wildman–Crippen LogP) is 2.93. The van der Waals surface area contributed by atoms with Crippen molar-refractivity contribution in [2.24, 2.45) is 0 Å². The molecule has 0 bridgehead atoms. The largest absolute Gasteiger partial charge is 0.493 e. The Morgan fingerprint density at radius 1 is 1.38 bits per heavy atom. The van der Waals surface area contributed by atoms with E-state index in [2.05, 4.69) is 44.3 Å². The van der Waals surface area contributed by atoms with E-state index < -0.39 is 0 Å². The number of benzene rings is 1. The first-order chi connectivity index (χ1) is 7.69. The molecule has 0 aromatic heterocycles. The molecule has 2 nitrogen and oxygen atoms in total. The Morgan fingerprint density at radius 2 is 2.12 bits per heavy atom. The zero-order chi connectivity index (χ0) is 12.0. The summed E-state index contributed by atoms with van der Waals surface area (Å²) in [5, 5.41) is 3.21. The van der Waals surface area contributed by atoms with Crippen molar-refractivity contribution in [3.8, 4) is 5.75 Å². The van der Waals surface area contributed by atoms with Crippen LogP contribution in [-0.4, -0.2) is 19.7 Å². The average Bonchev–Trinajstić information content (AvgIpc) is 2.29. The summed E-state index contributed by atoms with van der Waals surface area (Å²) >= 11 is 0. The van der Waals surface area contributed by atoms with Gasteiger partial charge in [-0.05, 0) is 50.9 Å². The Morgan fingerprint density at radius 3 is 2.75 bits per heavy atom. The lowest BCUT2D eigenvalue weighted by atomic mass is 10.1. The van der Waals surface area contributed by atoms with E-state index in [0.29, 0.717) is 6.04 Å². The van der Waals surface area contributed by atoms with Crippen LogP contribution in [0.15, 0.2) is 18.2 Å². The average molecular weight is 221 g/mol. The molecule has 1 rings (SSSR count). The highest BCUT2D eigenvalue weighted by Gasteiger charge is 2.05. The minimum absolute atomic E-state index is 0.509.